The predicted octanol–water partition coefficient (Wildman–Crippen LogP) is 16.4. The van der Waals surface area contributed by atoms with Crippen LogP contribution in [0.25, 0.3) is 33.3 Å². The molecule has 7 heterocycles. The van der Waals surface area contributed by atoms with Crippen molar-refractivity contribution in [2.75, 3.05) is 70.5 Å². The van der Waals surface area contributed by atoms with Crippen LogP contribution in [-0.4, -0.2) is 160 Å². The number of rotatable bonds is 18. The summed E-state index contributed by atoms with van der Waals surface area (Å²) < 4.78 is 41.3. The molecule has 4 saturated heterocycles. The Hall–Kier alpha value is -8.78. The van der Waals surface area contributed by atoms with Crippen molar-refractivity contribution in [3.05, 3.63) is 199 Å². The number of nitrogens with zero attached hydrogens (tertiary/aromatic N) is 3. The van der Waals surface area contributed by atoms with Crippen LogP contribution in [0.5, 0.6) is 0 Å². The van der Waals surface area contributed by atoms with Crippen molar-refractivity contribution < 1.29 is 70.5 Å². The molecule has 119 heavy (non-hydrogen) atoms. The highest BCUT2D eigenvalue weighted by molar-refractivity contribution is 6.36. The van der Waals surface area contributed by atoms with Gasteiger partial charge in [-0.05, 0) is 237 Å². The number of amides is 3. The van der Waals surface area contributed by atoms with Crippen LogP contribution >= 0.6 is 93.6 Å². The molecule has 4 fully saturated rings. The molecule has 4 aliphatic rings. The van der Waals surface area contributed by atoms with Gasteiger partial charge in [-0.2, -0.15) is 0 Å². The fraction of sp³-hybridized carbons (Fsp3) is 0.446. The number of aromatic nitrogens is 3. The van der Waals surface area contributed by atoms with E-state index in [1.807, 2.05) is 41.5 Å². The van der Waals surface area contributed by atoms with Crippen LogP contribution in [0.15, 0.2) is 137 Å². The van der Waals surface area contributed by atoms with Gasteiger partial charge in [-0.25, -0.2) is 28.8 Å². The molecule has 0 radical (unpaired) electrons. The van der Waals surface area contributed by atoms with Crippen molar-refractivity contribution >= 4 is 174 Å². The van der Waals surface area contributed by atoms with Gasteiger partial charge in [0.15, 0.2) is 28.3 Å². The minimum absolute atomic E-state index is 0. The number of fused-ring (bicyclic) bond motifs is 3. The number of nitrogens with two attached hydrogens (primary N) is 2. The van der Waals surface area contributed by atoms with Gasteiger partial charge in [0.1, 0.15) is 31.0 Å². The number of benzene rings is 6. The monoisotopic (exact) mass is 1800 g/mol. The van der Waals surface area contributed by atoms with E-state index in [0.29, 0.717) is 127 Å². The van der Waals surface area contributed by atoms with Crippen LogP contribution in [0.2, 0.25) is 30.1 Å². The average Bonchev–Trinajstić information content (AvgIpc) is 1.76. The number of ether oxygens (including phenoxy) is 5. The van der Waals surface area contributed by atoms with E-state index in [1.165, 1.54) is 0 Å². The van der Waals surface area contributed by atoms with Gasteiger partial charge in [0.05, 0.1) is 29.0 Å². The van der Waals surface area contributed by atoms with Crippen LogP contribution < -0.4 is 39.4 Å². The third kappa shape index (κ3) is 35.4. The Balaban J connectivity index is 0.000000204. The van der Waals surface area contributed by atoms with E-state index in [-0.39, 0.29) is 123 Å². The first kappa shape index (κ1) is 97.3. The Morgan fingerprint density at radius 3 is 1.16 bits per heavy atom. The van der Waals surface area contributed by atoms with Gasteiger partial charge in [0.2, 0.25) is 0 Å². The molecule has 0 spiro atoms. The molecule has 0 unspecified atom stereocenters. The number of hydrogen-bond donors (Lipinski definition) is 7. The number of carbonyl (C=O) groups is 7. The van der Waals surface area contributed by atoms with Crippen molar-refractivity contribution in [3.63, 3.8) is 0 Å². The number of aromatic amines is 3. The fourth-order valence-corrected chi connectivity index (χ4v) is 14.6. The van der Waals surface area contributed by atoms with Gasteiger partial charge >= 0.3 is 47.5 Å². The van der Waals surface area contributed by atoms with Crippen LogP contribution in [0.3, 0.4) is 0 Å². The van der Waals surface area contributed by atoms with Gasteiger partial charge in [0, 0.05) is 119 Å². The van der Waals surface area contributed by atoms with Gasteiger partial charge in [0.25, 0.3) is 0 Å². The summed E-state index contributed by atoms with van der Waals surface area (Å²) in [7, 11) is 0. The number of nitrogen functional groups attached to an aromatic ring is 1. The summed E-state index contributed by atoms with van der Waals surface area (Å²) in [6.45, 7) is 17.5. The molecule has 6 aromatic carbocycles. The molecule has 36 heteroatoms. The van der Waals surface area contributed by atoms with Gasteiger partial charge in [-0.15, -0.1) is 24.0 Å². The number of carbonyl (C=O) groups excluding carboxylic acids is 7. The van der Waals surface area contributed by atoms with E-state index >= 15 is 0 Å². The molecular weight excluding hydrogens is 1710 g/mol. The molecule has 3 aromatic heterocycles. The highest BCUT2D eigenvalue weighted by Crippen LogP contribution is 2.28. The number of H-pyrrole nitrogens is 3. The molecule has 0 saturated carbocycles. The summed E-state index contributed by atoms with van der Waals surface area (Å²) in [5.41, 5.74) is 18.1. The molecule has 28 nitrogen and oxygen atoms in total. The molecule has 3 amide bonds. The normalized spacial score (nSPS) is 14.7. The minimum Gasteiger partial charge on any atom is -0.460 e. The predicted molar refractivity (Wildman–Crippen MR) is 462 cm³/mol. The number of ketones is 2. The Morgan fingerprint density at radius 1 is 0.454 bits per heavy atom. The molecule has 0 bridgehead atoms. The van der Waals surface area contributed by atoms with Crippen molar-refractivity contribution in [1.82, 2.24) is 40.3 Å². The molecule has 0 atom stereocenters. The van der Waals surface area contributed by atoms with Crippen molar-refractivity contribution in [2.24, 2.45) is 17.6 Å². The summed E-state index contributed by atoms with van der Waals surface area (Å²) in [6, 6.07) is 30.9. The highest BCUT2D eigenvalue weighted by atomic mass is 35.5. The Labute approximate surface area is 728 Å². The number of piperidine rings is 4. The van der Waals surface area contributed by atoms with Crippen LogP contribution in [0, 0.1) is 11.8 Å². The SMILES string of the molecule is CC(C)(C)OC(=O)CC1CCN(C(=O)OCc2cc(Cl)cc(Cl)c2)CC1.CC(C)(C)OC(=O)CC1CCNCC1.Cl.NC1CCN(C(=O)OCc2cc(Cl)cc(Cl)c2)CC1.Nc1ccc2[nH]c(=O)oc2c1.O=C(CCl)Cc1ccc2[nH]c(=O)oc2c1.O=C(CNC1CCN(C(=O)OCc2cc(Cl)cc(Cl)c2)CC1)Cc1ccc2[nH]c(=O)oc2c1. The maximum Gasteiger partial charge on any atom is 0.417 e. The maximum atomic E-state index is 12.4. The summed E-state index contributed by atoms with van der Waals surface area (Å²) in [5.74, 6) is -0.971. The first-order valence-electron chi connectivity index (χ1n) is 38.4. The maximum absolute atomic E-state index is 12.4. The van der Waals surface area contributed by atoms with E-state index in [4.69, 9.17) is 130 Å². The summed E-state index contributed by atoms with van der Waals surface area (Å²) in [4.78, 5) is 129. The van der Waals surface area contributed by atoms with Crippen molar-refractivity contribution in [1.29, 1.82) is 0 Å². The van der Waals surface area contributed by atoms with Gasteiger partial charge < -0.3 is 73.7 Å². The molecule has 9 aromatic rings. The highest BCUT2D eigenvalue weighted by Gasteiger charge is 2.29. The lowest BCUT2D eigenvalue weighted by Crippen LogP contribution is -2.46. The molecule has 9 N–H and O–H groups in total. The smallest absolute Gasteiger partial charge is 0.417 e. The Kier molecular flexibility index (Phi) is 38.8. The van der Waals surface area contributed by atoms with Gasteiger partial charge in [-0.1, -0.05) is 81.7 Å². The minimum atomic E-state index is -0.515. The summed E-state index contributed by atoms with van der Waals surface area (Å²) >= 11 is 41.0. The number of hydrogen-bond acceptors (Lipinski definition) is 22. The number of Topliss-reactive ketones (excluding diaryl/α,β-unsaturated/α-hetero) is 2. The number of oxazole rings is 3. The number of nitrogens with one attached hydrogen (secondary N) is 5. The lowest BCUT2D eigenvalue weighted by molar-refractivity contribution is -0.157. The molecular formula is C83H100Cl8N10O18. The van der Waals surface area contributed by atoms with Crippen molar-refractivity contribution in [3.8, 4) is 0 Å². The summed E-state index contributed by atoms with van der Waals surface area (Å²) in [5, 5.41) is 9.62. The number of alkyl halides is 1. The third-order valence-electron chi connectivity index (χ3n) is 18.4. The summed E-state index contributed by atoms with van der Waals surface area (Å²) in [6.07, 6.45) is 7.22. The molecule has 0 aliphatic carbocycles. The van der Waals surface area contributed by atoms with E-state index in [2.05, 4.69) is 25.6 Å². The second-order valence-electron chi connectivity index (χ2n) is 30.7. The lowest BCUT2D eigenvalue weighted by atomic mass is 9.94. The molecule has 4 aliphatic heterocycles. The van der Waals surface area contributed by atoms with E-state index in [1.54, 1.807) is 124 Å². The number of likely N-dealkylation sites (tertiary alicyclic amines) is 3. The van der Waals surface area contributed by atoms with Crippen LogP contribution in [0.1, 0.15) is 134 Å². The zero-order chi connectivity index (χ0) is 85.8. The first-order chi connectivity index (χ1) is 55.9. The molecule has 646 valence electrons. The van der Waals surface area contributed by atoms with E-state index < -0.39 is 22.9 Å². The third-order valence-corrected chi connectivity index (χ3v) is 20.0. The van der Waals surface area contributed by atoms with Crippen molar-refractivity contribution in [2.45, 2.75) is 162 Å². The number of esters is 2. The second-order valence-corrected chi connectivity index (χ2v) is 33.6. The number of halogens is 8. The molecule has 13 rings (SSSR count). The topological polar surface area (TPSA) is 389 Å². The quantitative estimate of drug-likeness (QED) is 0.0182. The average molecular weight is 1810 g/mol. The van der Waals surface area contributed by atoms with Gasteiger partial charge in [-0.3, -0.25) is 34.1 Å². The Morgan fingerprint density at radius 2 is 0.790 bits per heavy atom. The Bertz CT molecular complexity index is 4980. The second kappa shape index (κ2) is 47.4. The van der Waals surface area contributed by atoms with Crippen LogP contribution in [0.4, 0.5) is 20.1 Å². The van der Waals surface area contributed by atoms with E-state index in [9.17, 15) is 47.9 Å². The first-order valence-corrected chi connectivity index (χ1v) is 41.2. The zero-order valence-electron chi connectivity index (χ0n) is 66.8. The standard InChI is InChI=1S/C23H23Cl2N3O5.C19H25Cl2NO4.C13H16Cl2N2O2.C11H21NO2.C10H8ClNO3.C7H6N2O2.ClH/c24-16-7-15(8-17(25)11-16)13-32-23(31)28-5-3-18(4-6-28)26-12-19(29)9-14-1-2-20-21(10-14)33-22(30)27-20;1-19(2,3)26-17(23)10-13-4-6-22(7-5-13)18(24)25-12-14-8-15(20)11-16(21)9-14;14-10-5-9(6-11(15)7-10)8-19-13(18)17-3-1-12(16)2-4-17;1-11(2,3)14-10(13)8-9-4-6-12-7-5-9;11-5-7(13)3-6-1-2-8-9(4-6)15-10(14)12-8;8-4-1-2-5-6(3-4)11-7(10)9-5;/h1-2,7-8,10-11,18,26H,3-6,9,12-13H2,(H,27,30);8-9,11,13H,4-7,10,12H2,1-3H3;5-7,12H,1-4,8,16H2;9,12H,4-8H2,1-3H3;1-2,4H,3,5H2,(H,12,14);1-3H,8H2,(H,9,10);1H. The largest absolute Gasteiger partial charge is 0.460 e. The van der Waals surface area contributed by atoms with E-state index in [0.717, 1.165) is 92.3 Å². The van der Waals surface area contributed by atoms with Crippen LogP contribution in [-0.2, 0) is 75.5 Å². The lowest BCUT2D eigenvalue weighted by Gasteiger charge is -2.31. The zero-order valence-corrected chi connectivity index (χ0v) is 72.9. The fourth-order valence-electron chi connectivity index (χ4n) is 12.8. The number of anilines is 1.